The minimum atomic E-state index is -1.08. The summed E-state index contributed by atoms with van der Waals surface area (Å²) >= 11 is 0. The first kappa shape index (κ1) is 15.2. The van der Waals surface area contributed by atoms with Crippen LogP contribution in [0.1, 0.15) is 19.8 Å². The van der Waals surface area contributed by atoms with Crippen molar-refractivity contribution in [3.63, 3.8) is 0 Å². The number of carboxylic acid groups (broad SMARTS) is 1. The van der Waals surface area contributed by atoms with E-state index in [4.69, 9.17) is 5.11 Å². The van der Waals surface area contributed by atoms with Crippen LogP contribution in [0.25, 0.3) is 0 Å². The number of aromatic hydroxyl groups is 1. The number of carbonyl (C=O) groups excluding carboxylic acids is 1. The van der Waals surface area contributed by atoms with Gasteiger partial charge in [-0.25, -0.2) is 4.79 Å². The van der Waals surface area contributed by atoms with Crippen molar-refractivity contribution >= 4 is 17.7 Å². The minimum absolute atomic E-state index is 0.0705. The van der Waals surface area contributed by atoms with Gasteiger partial charge >= 0.3 is 12.0 Å². The number of nitrogens with zero attached hydrogens (tertiary/aromatic N) is 2. The smallest absolute Gasteiger partial charge is 0.325 e. The second-order valence-corrected chi connectivity index (χ2v) is 5.47. The van der Waals surface area contributed by atoms with Crippen molar-refractivity contribution in [3.8, 4) is 5.75 Å². The maximum Gasteiger partial charge on any atom is 0.325 e. The molecule has 0 saturated heterocycles. The summed E-state index contributed by atoms with van der Waals surface area (Å²) in [5.41, 5.74) is 0.454. The summed E-state index contributed by atoms with van der Waals surface area (Å²) in [6, 6.07) is 5.68. The zero-order valence-electron chi connectivity index (χ0n) is 12.2. The Hall–Kier alpha value is -2.24. The van der Waals surface area contributed by atoms with Crippen LogP contribution in [0.3, 0.4) is 0 Å². The van der Waals surface area contributed by atoms with Gasteiger partial charge in [0.05, 0.1) is 0 Å². The number of amides is 2. The lowest BCUT2D eigenvalue weighted by Crippen LogP contribution is -2.47. The predicted octanol–water partition coefficient (Wildman–Crippen LogP) is 2.13. The number of hydrogen-bond acceptors (Lipinski definition) is 3. The van der Waals surface area contributed by atoms with Crippen LogP contribution in [0.2, 0.25) is 0 Å². The molecule has 2 rings (SSSR count). The highest BCUT2D eigenvalue weighted by Crippen LogP contribution is 2.35. The van der Waals surface area contributed by atoms with Crippen molar-refractivity contribution in [2.45, 2.75) is 25.8 Å². The number of rotatable bonds is 5. The summed E-state index contributed by atoms with van der Waals surface area (Å²) in [4.78, 5) is 26.4. The Labute approximate surface area is 123 Å². The van der Waals surface area contributed by atoms with E-state index >= 15 is 0 Å². The van der Waals surface area contributed by atoms with E-state index < -0.39 is 12.5 Å². The third-order valence-electron chi connectivity index (χ3n) is 3.90. The number of benzene rings is 1. The summed E-state index contributed by atoms with van der Waals surface area (Å²) in [6.45, 7) is 1.57. The van der Waals surface area contributed by atoms with Gasteiger partial charge in [-0.3, -0.25) is 9.69 Å². The third kappa shape index (κ3) is 3.65. The van der Waals surface area contributed by atoms with Crippen molar-refractivity contribution in [2.75, 3.05) is 18.5 Å². The molecule has 1 unspecified atom stereocenters. The first-order valence-corrected chi connectivity index (χ1v) is 6.95. The Bertz CT molecular complexity index is 525. The molecule has 2 amide bonds. The lowest BCUT2D eigenvalue weighted by Gasteiger charge is -2.31. The quantitative estimate of drug-likeness (QED) is 0.871. The standard InChI is InChI=1S/C15H20N2O4/c1-10(11-3-4-11)16(2)15(21)17(9-14(19)20)12-5-7-13(18)8-6-12/h5-8,10-11,18H,3-4,9H2,1-2H3,(H,19,20). The van der Waals surface area contributed by atoms with E-state index in [9.17, 15) is 14.7 Å². The van der Waals surface area contributed by atoms with Gasteiger partial charge in [0.25, 0.3) is 0 Å². The van der Waals surface area contributed by atoms with Gasteiger partial charge < -0.3 is 15.1 Å². The average Bonchev–Trinajstić information content (AvgIpc) is 3.28. The lowest BCUT2D eigenvalue weighted by atomic mass is 10.2. The Morgan fingerprint density at radius 1 is 1.29 bits per heavy atom. The number of anilines is 1. The second kappa shape index (κ2) is 6.03. The highest BCUT2D eigenvalue weighted by molar-refractivity contribution is 5.96. The maximum atomic E-state index is 12.6. The van der Waals surface area contributed by atoms with Crippen LogP contribution in [-0.4, -0.2) is 46.7 Å². The SMILES string of the molecule is CC(C1CC1)N(C)C(=O)N(CC(=O)O)c1ccc(O)cc1. The number of aliphatic carboxylic acids is 1. The van der Waals surface area contributed by atoms with E-state index in [1.165, 1.54) is 29.2 Å². The highest BCUT2D eigenvalue weighted by atomic mass is 16.4. The number of carboxylic acids is 1. The highest BCUT2D eigenvalue weighted by Gasteiger charge is 2.34. The zero-order chi connectivity index (χ0) is 15.6. The second-order valence-electron chi connectivity index (χ2n) is 5.47. The van der Waals surface area contributed by atoms with Crippen LogP contribution in [0.4, 0.5) is 10.5 Å². The summed E-state index contributed by atoms with van der Waals surface area (Å²) in [7, 11) is 1.70. The predicted molar refractivity (Wildman–Crippen MR) is 78.4 cm³/mol. The molecule has 0 aliphatic heterocycles. The fraction of sp³-hybridized carbons (Fsp3) is 0.467. The topological polar surface area (TPSA) is 81.1 Å². The molecule has 0 radical (unpaired) electrons. The fourth-order valence-electron chi connectivity index (χ4n) is 2.30. The van der Waals surface area contributed by atoms with Crippen LogP contribution < -0.4 is 4.90 Å². The van der Waals surface area contributed by atoms with Crippen LogP contribution in [0.5, 0.6) is 5.75 Å². The van der Waals surface area contributed by atoms with E-state index in [1.807, 2.05) is 6.92 Å². The lowest BCUT2D eigenvalue weighted by molar-refractivity contribution is -0.135. The largest absolute Gasteiger partial charge is 0.508 e. The Morgan fingerprint density at radius 3 is 2.33 bits per heavy atom. The van der Waals surface area contributed by atoms with E-state index in [1.54, 1.807) is 11.9 Å². The van der Waals surface area contributed by atoms with Crippen molar-refractivity contribution in [1.82, 2.24) is 4.90 Å². The van der Waals surface area contributed by atoms with E-state index in [0.717, 1.165) is 12.8 Å². The summed E-state index contributed by atoms with van der Waals surface area (Å²) in [5.74, 6) is -0.504. The Balaban J connectivity index is 2.19. The summed E-state index contributed by atoms with van der Waals surface area (Å²) < 4.78 is 0. The van der Waals surface area contributed by atoms with E-state index in [0.29, 0.717) is 11.6 Å². The Morgan fingerprint density at radius 2 is 1.86 bits per heavy atom. The molecule has 0 heterocycles. The van der Waals surface area contributed by atoms with Gasteiger partial charge in [-0.2, -0.15) is 0 Å². The molecule has 0 spiro atoms. The van der Waals surface area contributed by atoms with Crippen LogP contribution >= 0.6 is 0 Å². The third-order valence-corrected chi connectivity index (χ3v) is 3.90. The van der Waals surface area contributed by atoms with Crippen molar-refractivity contribution in [3.05, 3.63) is 24.3 Å². The molecule has 1 aromatic carbocycles. The minimum Gasteiger partial charge on any atom is -0.508 e. The van der Waals surface area contributed by atoms with E-state index in [2.05, 4.69) is 0 Å². The molecule has 114 valence electrons. The number of carbonyl (C=O) groups is 2. The molecule has 1 aliphatic rings. The molecule has 0 bridgehead atoms. The molecule has 1 saturated carbocycles. The molecule has 6 nitrogen and oxygen atoms in total. The van der Waals surface area contributed by atoms with Crippen LogP contribution in [0, 0.1) is 5.92 Å². The summed E-state index contributed by atoms with van der Waals surface area (Å²) in [5, 5.41) is 18.3. The van der Waals surface area contributed by atoms with Crippen molar-refractivity contribution < 1.29 is 19.8 Å². The molecule has 21 heavy (non-hydrogen) atoms. The van der Waals surface area contributed by atoms with Gasteiger partial charge in [0.2, 0.25) is 0 Å². The van der Waals surface area contributed by atoms with Crippen LogP contribution in [-0.2, 0) is 4.79 Å². The normalized spacial score (nSPS) is 15.3. The number of hydrogen-bond donors (Lipinski definition) is 2. The van der Waals surface area contributed by atoms with Gasteiger partial charge in [0, 0.05) is 18.8 Å². The molecule has 0 aromatic heterocycles. The Kier molecular flexibility index (Phi) is 4.35. The van der Waals surface area contributed by atoms with Gasteiger partial charge in [-0.1, -0.05) is 0 Å². The number of urea groups is 1. The van der Waals surface area contributed by atoms with Crippen molar-refractivity contribution in [2.24, 2.45) is 5.92 Å². The molecule has 1 aromatic rings. The first-order chi connectivity index (χ1) is 9.90. The molecular formula is C15H20N2O4. The van der Waals surface area contributed by atoms with Gasteiger partial charge in [-0.15, -0.1) is 0 Å². The van der Waals surface area contributed by atoms with E-state index in [-0.39, 0.29) is 17.8 Å². The average molecular weight is 292 g/mol. The zero-order valence-corrected chi connectivity index (χ0v) is 12.2. The number of phenolic OH excluding ortho intramolecular Hbond substituents is 1. The monoisotopic (exact) mass is 292 g/mol. The first-order valence-electron chi connectivity index (χ1n) is 6.95. The van der Waals surface area contributed by atoms with Gasteiger partial charge in [0.1, 0.15) is 12.3 Å². The summed E-state index contributed by atoms with van der Waals surface area (Å²) in [6.07, 6.45) is 2.22. The molecule has 1 fully saturated rings. The van der Waals surface area contributed by atoms with Crippen LogP contribution in [0.15, 0.2) is 24.3 Å². The van der Waals surface area contributed by atoms with Gasteiger partial charge in [-0.05, 0) is 49.9 Å². The van der Waals surface area contributed by atoms with Gasteiger partial charge in [0.15, 0.2) is 0 Å². The number of phenols is 1. The molecule has 6 heteroatoms. The molecule has 1 aliphatic carbocycles. The molecule has 1 atom stereocenters. The molecular weight excluding hydrogens is 272 g/mol. The van der Waals surface area contributed by atoms with Crippen molar-refractivity contribution in [1.29, 1.82) is 0 Å². The maximum absolute atomic E-state index is 12.6. The molecule has 2 N–H and O–H groups in total. The fourth-order valence-corrected chi connectivity index (χ4v) is 2.30.